The number of carbonyl (C=O) groups excluding carboxylic acids is 2. The van der Waals surface area contributed by atoms with E-state index in [9.17, 15) is 9.59 Å². The van der Waals surface area contributed by atoms with E-state index < -0.39 is 0 Å². The quantitative estimate of drug-likeness (QED) is 0.773. The van der Waals surface area contributed by atoms with Gasteiger partial charge in [-0.05, 0) is 26.3 Å². The smallest absolute Gasteiger partial charge is 0.324 e. The number of hydrogen-bond acceptors (Lipinski definition) is 7. The van der Waals surface area contributed by atoms with E-state index in [4.69, 9.17) is 4.52 Å². The predicted octanol–water partition coefficient (Wildman–Crippen LogP) is 0.00490. The van der Waals surface area contributed by atoms with Gasteiger partial charge in [0.25, 0.3) is 0 Å². The molecule has 1 aliphatic carbocycles. The van der Waals surface area contributed by atoms with Crippen LogP contribution in [0.5, 0.6) is 0 Å². The molecule has 0 spiro atoms. The van der Waals surface area contributed by atoms with Gasteiger partial charge < -0.3 is 9.84 Å². The van der Waals surface area contributed by atoms with Crippen molar-refractivity contribution in [3.05, 3.63) is 11.7 Å². The van der Waals surface area contributed by atoms with Crippen LogP contribution in [0.25, 0.3) is 0 Å². The normalized spacial score (nSPS) is 24.3. The fourth-order valence-corrected chi connectivity index (χ4v) is 3.48. The van der Waals surface area contributed by atoms with Crippen molar-refractivity contribution in [1.82, 2.24) is 30.2 Å². The number of amides is 3. The second-order valence-electron chi connectivity index (χ2n) is 7.19. The van der Waals surface area contributed by atoms with Gasteiger partial charge in [0.1, 0.15) is 0 Å². The molecule has 3 heterocycles. The van der Waals surface area contributed by atoms with Crippen LogP contribution in [0, 0.1) is 0 Å². The first-order valence-electron chi connectivity index (χ1n) is 8.93. The molecule has 136 valence electrons. The summed E-state index contributed by atoms with van der Waals surface area (Å²) in [4.78, 5) is 33.9. The Bertz CT molecular complexity index is 658. The highest BCUT2D eigenvalue weighted by molar-refractivity contribution is 5.96. The summed E-state index contributed by atoms with van der Waals surface area (Å²) in [6, 6.07) is 0.0736. The molecule has 2 aliphatic heterocycles. The number of carbonyl (C=O) groups is 2. The van der Waals surface area contributed by atoms with E-state index >= 15 is 0 Å². The molecule has 9 heteroatoms. The SMILES string of the molecule is CN(Cc1noc(C2CC2)n1)[C@@H]1CCN(CC(=O)N2CCNC2=O)C1. The minimum absolute atomic E-state index is 0.120. The molecule has 1 atom stereocenters. The molecular formula is C16H24N6O3. The number of likely N-dealkylation sites (tertiary alicyclic amines) is 1. The van der Waals surface area contributed by atoms with Crippen LogP contribution >= 0.6 is 0 Å². The lowest BCUT2D eigenvalue weighted by molar-refractivity contribution is -0.128. The van der Waals surface area contributed by atoms with Crippen LogP contribution in [0.1, 0.15) is 36.9 Å². The lowest BCUT2D eigenvalue weighted by Gasteiger charge is -2.23. The lowest BCUT2D eigenvalue weighted by atomic mass is 10.2. The largest absolute Gasteiger partial charge is 0.339 e. The van der Waals surface area contributed by atoms with Crippen molar-refractivity contribution in [2.75, 3.05) is 39.8 Å². The van der Waals surface area contributed by atoms with Gasteiger partial charge in [-0.2, -0.15) is 4.98 Å². The van der Waals surface area contributed by atoms with Crippen LogP contribution < -0.4 is 5.32 Å². The maximum atomic E-state index is 12.2. The molecule has 2 saturated heterocycles. The highest BCUT2D eigenvalue weighted by atomic mass is 16.5. The van der Waals surface area contributed by atoms with Crippen LogP contribution in [0.3, 0.4) is 0 Å². The average molecular weight is 348 g/mol. The Morgan fingerprint density at radius 2 is 2.20 bits per heavy atom. The third-order valence-corrected chi connectivity index (χ3v) is 5.19. The Hall–Kier alpha value is -2.00. The maximum Gasteiger partial charge on any atom is 0.324 e. The Balaban J connectivity index is 1.26. The van der Waals surface area contributed by atoms with Crippen molar-refractivity contribution in [3.63, 3.8) is 0 Å². The lowest BCUT2D eigenvalue weighted by Crippen LogP contribution is -2.42. The van der Waals surface area contributed by atoms with E-state index in [1.807, 2.05) is 0 Å². The summed E-state index contributed by atoms with van der Waals surface area (Å²) in [5.74, 6) is 1.85. The fraction of sp³-hybridized carbons (Fsp3) is 0.750. The molecule has 25 heavy (non-hydrogen) atoms. The van der Waals surface area contributed by atoms with E-state index in [1.165, 1.54) is 4.90 Å². The summed E-state index contributed by atoms with van der Waals surface area (Å²) in [5.41, 5.74) is 0. The number of nitrogens with zero attached hydrogens (tertiary/aromatic N) is 5. The van der Waals surface area contributed by atoms with Crippen LogP contribution in [0.4, 0.5) is 4.79 Å². The number of likely N-dealkylation sites (N-methyl/N-ethyl adjacent to an activating group) is 1. The van der Waals surface area contributed by atoms with Crippen LogP contribution in [0.15, 0.2) is 4.52 Å². The molecule has 3 aliphatic rings. The van der Waals surface area contributed by atoms with E-state index in [0.29, 0.717) is 38.1 Å². The molecule has 3 amide bonds. The zero-order chi connectivity index (χ0) is 17.4. The summed E-state index contributed by atoms with van der Waals surface area (Å²) in [6.45, 7) is 3.63. The third kappa shape index (κ3) is 3.67. The Morgan fingerprint density at radius 1 is 1.36 bits per heavy atom. The summed E-state index contributed by atoms with van der Waals surface area (Å²) < 4.78 is 5.31. The predicted molar refractivity (Wildman–Crippen MR) is 87.7 cm³/mol. The molecule has 1 saturated carbocycles. The van der Waals surface area contributed by atoms with Gasteiger partial charge in [0, 0.05) is 38.1 Å². The van der Waals surface area contributed by atoms with Crippen molar-refractivity contribution < 1.29 is 14.1 Å². The second-order valence-corrected chi connectivity index (χ2v) is 7.19. The van der Waals surface area contributed by atoms with E-state index in [2.05, 4.69) is 32.3 Å². The van der Waals surface area contributed by atoms with Gasteiger partial charge in [-0.1, -0.05) is 5.16 Å². The molecule has 0 unspecified atom stereocenters. The van der Waals surface area contributed by atoms with Gasteiger partial charge >= 0.3 is 6.03 Å². The number of rotatable bonds is 6. The minimum atomic E-state index is -0.276. The monoisotopic (exact) mass is 348 g/mol. The fourth-order valence-electron chi connectivity index (χ4n) is 3.48. The van der Waals surface area contributed by atoms with Crippen LogP contribution in [0.2, 0.25) is 0 Å². The first kappa shape index (κ1) is 16.5. The van der Waals surface area contributed by atoms with Gasteiger partial charge in [0.2, 0.25) is 11.8 Å². The number of urea groups is 1. The summed E-state index contributed by atoms with van der Waals surface area (Å²) in [6.07, 6.45) is 3.29. The average Bonchev–Trinajstić information content (AvgIpc) is 2.98. The maximum absolute atomic E-state index is 12.2. The topological polar surface area (TPSA) is 94.8 Å². The zero-order valence-electron chi connectivity index (χ0n) is 14.5. The van der Waals surface area contributed by atoms with Crippen molar-refractivity contribution in [2.24, 2.45) is 0 Å². The first-order chi connectivity index (χ1) is 12.1. The molecule has 1 aromatic heterocycles. The van der Waals surface area contributed by atoms with Crippen molar-refractivity contribution in [3.8, 4) is 0 Å². The third-order valence-electron chi connectivity index (χ3n) is 5.19. The summed E-state index contributed by atoms with van der Waals surface area (Å²) in [5, 5.41) is 6.73. The van der Waals surface area contributed by atoms with E-state index in [0.717, 1.165) is 44.1 Å². The molecule has 3 fully saturated rings. The number of hydrogen-bond donors (Lipinski definition) is 1. The first-order valence-corrected chi connectivity index (χ1v) is 8.93. The highest BCUT2D eigenvalue weighted by Gasteiger charge is 2.33. The van der Waals surface area contributed by atoms with Crippen molar-refractivity contribution in [1.29, 1.82) is 0 Å². The Kier molecular flexibility index (Phi) is 4.43. The van der Waals surface area contributed by atoms with Crippen molar-refractivity contribution in [2.45, 2.75) is 37.8 Å². The zero-order valence-corrected chi connectivity index (χ0v) is 14.5. The van der Waals surface area contributed by atoms with Crippen molar-refractivity contribution >= 4 is 11.9 Å². The second kappa shape index (κ2) is 6.72. The highest BCUT2D eigenvalue weighted by Crippen LogP contribution is 2.38. The van der Waals surface area contributed by atoms with Gasteiger partial charge in [-0.25, -0.2) is 4.79 Å². The van der Waals surface area contributed by atoms with Gasteiger partial charge in [-0.15, -0.1) is 0 Å². The molecule has 0 aromatic carbocycles. The van der Waals surface area contributed by atoms with E-state index in [1.54, 1.807) is 0 Å². The molecule has 1 aromatic rings. The minimum Gasteiger partial charge on any atom is -0.339 e. The standard InChI is InChI=1S/C16H24N6O3/c1-20(9-13-18-15(25-19-13)11-2-3-11)12-4-6-21(8-12)10-14(23)22-7-5-17-16(22)24/h11-12H,2-10H2,1H3,(H,17,24)/t12-/m1/s1. The molecule has 9 nitrogen and oxygen atoms in total. The molecule has 4 rings (SSSR count). The van der Waals surface area contributed by atoms with Crippen LogP contribution in [-0.2, 0) is 11.3 Å². The molecular weight excluding hydrogens is 324 g/mol. The molecule has 1 N–H and O–H groups in total. The molecule has 0 bridgehead atoms. The van der Waals surface area contributed by atoms with Crippen LogP contribution in [-0.4, -0.2) is 82.6 Å². The van der Waals surface area contributed by atoms with Gasteiger partial charge in [0.05, 0.1) is 13.1 Å². The number of nitrogens with one attached hydrogen (secondary N) is 1. The summed E-state index contributed by atoms with van der Waals surface area (Å²) >= 11 is 0. The Labute approximate surface area is 146 Å². The van der Waals surface area contributed by atoms with Gasteiger partial charge in [-0.3, -0.25) is 19.5 Å². The van der Waals surface area contributed by atoms with E-state index in [-0.39, 0.29) is 11.9 Å². The Morgan fingerprint density at radius 3 is 2.92 bits per heavy atom. The summed E-state index contributed by atoms with van der Waals surface area (Å²) in [7, 11) is 2.05. The number of imide groups is 1. The van der Waals surface area contributed by atoms with Gasteiger partial charge in [0.15, 0.2) is 5.82 Å². The molecule has 0 radical (unpaired) electrons. The number of aromatic nitrogens is 2.